The molecule has 10 nitrogen and oxygen atoms in total. The molecule has 12 heteroatoms. The van der Waals surface area contributed by atoms with Crippen molar-refractivity contribution in [3.8, 4) is 0 Å². The van der Waals surface area contributed by atoms with Gasteiger partial charge in [0.2, 0.25) is 0 Å². The van der Waals surface area contributed by atoms with Crippen molar-refractivity contribution in [2.45, 2.75) is 26.4 Å². The average molecular weight is 501 g/mol. The minimum absolute atomic E-state index is 0.109. The smallest absolute Gasteiger partial charge is 0.410 e. The molecule has 1 aliphatic rings. The van der Waals surface area contributed by atoms with E-state index in [4.69, 9.17) is 9.15 Å². The highest BCUT2D eigenvalue weighted by Gasteiger charge is 2.27. The van der Waals surface area contributed by atoms with Gasteiger partial charge in [-0.2, -0.15) is 0 Å². The molecule has 2 aromatic carbocycles. The average Bonchev–Trinajstić information content (AvgIpc) is 3.29. The Labute approximate surface area is 206 Å². The molecular formula is C24H26F2N6O4. The number of ether oxygens (including phenoxy) is 1. The lowest BCUT2D eigenvalue weighted by atomic mass is 10.2. The molecule has 0 spiro atoms. The fourth-order valence-electron chi connectivity index (χ4n) is 3.53. The van der Waals surface area contributed by atoms with Gasteiger partial charge >= 0.3 is 23.9 Å². The van der Waals surface area contributed by atoms with E-state index in [9.17, 15) is 18.4 Å². The number of para-hydroxylation sites is 1. The van der Waals surface area contributed by atoms with Gasteiger partial charge in [0.25, 0.3) is 0 Å². The second-order valence-corrected chi connectivity index (χ2v) is 9.09. The van der Waals surface area contributed by atoms with Gasteiger partial charge in [0.1, 0.15) is 17.2 Å². The van der Waals surface area contributed by atoms with E-state index >= 15 is 0 Å². The lowest BCUT2D eigenvalue weighted by molar-refractivity contribution is 0.0240. The number of carbonyl (C=O) groups excluding carboxylic acids is 2. The number of anilines is 4. The molecular weight excluding hydrogens is 474 g/mol. The highest BCUT2D eigenvalue weighted by atomic mass is 19.1. The highest BCUT2D eigenvalue weighted by Crippen LogP contribution is 2.25. The van der Waals surface area contributed by atoms with Crippen molar-refractivity contribution >= 4 is 35.1 Å². The van der Waals surface area contributed by atoms with Gasteiger partial charge in [0.05, 0.1) is 11.4 Å². The van der Waals surface area contributed by atoms with Crippen molar-refractivity contribution in [3.63, 3.8) is 0 Å². The third kappa shape index (κ3) is 6.06. The number of piperazine rings is 1. The zero-order chi connectivity index (χ0) is 25.9. The Kier molecular flexibility index (Phi) is 7.04. The van der Waals surface area contributed by atoms with Crippen molar-refractivity contribution < 1.29 is 27.5 Å². The molecule has 2 amide bonds. The summed E-state index contributed by atoms with van der Waals surface area (Å²) in [5.74, 6) is -2.19. The van der Waals surface area contributed by atoms with E-state index in [1.807, 2.05) is 4.90 Å². The minimum Gasteiger partial charge on any atom is -0.444 e. The van der Waals surface area contributed by atoms with Crippen LogP contribution in [0.3, 0.4) is 0 Å². The van der Waals surface area contributed by atoms with Gasteiger partial charge in [-0.15, -0.1) is 5.10 Å². The van der Waals surface area contributed by atoms with E-state index < -0.39 is 29.2 Å². The lowest BCUT2D eigenvalue weighted by Gasteiger charge is -2.36. The Hall–Kier alpha value is -4.22. The maximum atomic E-state index is 14.9. The molecule has 0 bridgehead atoms. The minimum atomic E-state index is -0.748. The summed E-state index contributed by atoms with van der Waals surface area (Å²) in [5.41, 5.74) is 0.0684. The second-order valence-electron chi connectivity index (χ2n) is 9.09. The quantitative estimate of drug-likeness (QED) is 0.530. The van der Waals surface area contributed by atoms with Crippen LogP contribution >= 0.6 is 0 Å². The van der Waals surface area contributed by atoms with Crippen molar-refractivity contribution in [1.29, 1.82) is 0 Å². The number of hydrogen-bond acceptors (Lipinski definition) is 8. The van der Waals surface area contributed by atoms with E-state index in [0.29, 0.717) is 31.9 Å². The summed E-state index contributed by atoms with van der Waals surface area (Å²) >= 11 is 0. The van der Waals surface area contributed by atoms with Crippen LogP contribution in [0, 0.1) is 11.6 Å². The molecule has 4 rings (SSSR count). The molecule has 3 aromatic rings. The molecule has 0 atom stereocenters. The number of rotatable bonds is 5. The molecule has 0 radical (unpaired) electrons. The van der Waals surface area contributed by atoms with Crippen LogP contribution in [0.15, 0.2) is 46.9 Å². The molecule has 2 N–H and O–H groups in total. The number of nitrogens with zero attached hydrogens (tertiary/aromatic N) is 4. The van der Waals surface area contributed by atoms with Gasteiger partial charge in [0.15, 0.2) is 0 Å². The zero-order valence-corrected chi connectivity index (χ0v) is 20.0. The first kappa shape index (κ1) is 24.9. The number of hydrogen-bond donors (Lipinski definition) is 2. The summed E-state index contributed by atoms with van der Waals surface area (Å²) in [4.78, 5) is 28.1. The largest absolute Gasteiger partial charge is 0.444 e. The first-order chi connectivity index (χ1) is 17.1. The topological polar surface area (TPSA) is 113 Å². The van der Waals surface area contributed by atoms with Gasteiger partial charge in [-0.1, -0.05) is 17.2 Å². The zero-order valence-electron chi connectivity index (χ0n) is 20.0. The second kappa shape index (κ2) is 10.2. The third-order valence-electron chi connectivity index (χ3n) is 5.21. The first-order valence-electron chi connectivity index (χ1n) is 11.3. The summed E-state index contributed by atoms with van der Waals surface area (Å²) < 4.78 is 39.2. The van der Waals surface area contributed by atoms with Crippen LogP contribution in [0.4, 0.5) is 36.7 Å². The van der Waals surface area contributed by atoms with Gasteiger partial charge in [0, 0.05) is 31.9 Å². The molecule has 0 saturated carbocycles. The maximum Gasteiger partial charge on any atom is 0.410 e. The predicted octanol–water partition coefficient (Wildman–Crippen LogP) is 4.40. The van der Waals surface area contributed by atoms with E-state index in [1.165, 1.54) is 24.3 Å². The van der Waals surface area contributed by atoms with Crippen molar-refractivity contribution in [1.82, 2.24) is 15.1 Å². The predicted molar refractivity (Wildman–Crippen MR) is 128 cm³/mol. The van der Waals surface area contributed by atoms with Crippen LogP contribution in [0.2, 0.25) is 0 Å². The van der Waals surface area contributed by atoms with Crippen molar-refractivity contribution in [2.24, 2.45) is 0 Å². The molecule has 1 fully saturated rings. The van der Waals surface area contributed by atoms with Crippen LogP contribution in [-0.4, -0.2) is 58.9 Å². The number of nitrogens with one attached hydrogen (secondary N) is 2. The summed E-state index contributed by atoms with van der Waals surface area (Å²) in [6.07, 6.45) is -0.394. The van der Waals surface area contributed by atoms with E-state index in [2.05, 4.69) is 20.8 Å². The van der Waals surface area contributed by atoms with Gasteiger partial charge in [-0.3, -0.25) is 4.79 Å². The Bertz CT molecular complexity index is 1250. The lowest BCUT2D eigenvalue weighted by Crippen LogP contribution is -2.50. The van der Waals surface area contributed by atoms with E-state index in [0.717, 1.165) is 0 Å². The fourth-order valence-corrected chi connectivity index (χ4v) is 3.53. The van der Waals surface area contributed by atoms with Crippen LogP contribution < -0.4 is 15.5 Å². The van der Waals surface area contributed by atoms with Crippen LogP contribution in [0.25, 0.3) is 0 Å². The summed E-state index contributed by atoms with van der Waals surface area (Å²) in [6, 6.07) is 9.99. The molecule has 0 unspecified atom stereocenters. The van der Waals surface area contributed by atoms with Crippen molar-refractivity contribution in [2.75, 3.05) is 41.7 Å². The van der Waals surface area contributed by atoms with Crippen molar-refractivity contribution in [3.05, 3.63) is 60.0 Å². The summed E-state index contributed by atoms with van der Waals surface area (Å²) in [5, 5.41) is 12.4. The standard InChI is InChI=1S/C24H26F2N6O4/c1-24(2,3)36-23(34)32-12-10-31(11-13-32)19-9-8-15(14-17(19)26)27-20(33)21-29-30-22(35-21)28-18-7-5-4-6-16(18)25/h4-9,14H,10-13H2,1-3H3,(H,27,33)(H,28,30). The highest BCUT2D eigenvalue weighted by molar-refractivity contribution is 6.01. The summed E-state index contributed by atoms with van der Waals surface area (Å²) in [7, 11) is 0. The third-order valence-corrected chi connectivity index (χ3v) is 5.21. The number of aromatic nitrogens is 2. The molecule has 36 heavy (non-hydrogen) atoms. The van der Waals surface area contributed by atoms with Crippen LogP contribution in [0.1, 0.15) is 31.5 Å². The number of carbonyl (C=O) groups is 2. The van der Waals surface area contributed by atoms with Gasteiger partial charge < -0.3 is 29.6 Å². The monoisotopic (exact) mass is 500 g/mol. The van der Waals surface area contributed by atoms with Gasteiger partial charge in [-0.25, -0.2) is 13.6 Å². The van der Waals surface area contributed by atoms with E-state index in [-0.39, 0.29) is 23.3 Å². The molecule has 1 aromatic heterocycles. The molecule has 190 valence electrons. The Morgan fingerprint density at radius 3 is 2.39 bits per heavy atom. The van der Waals surface area contributed by atoms with Gasteiger partial charge in [-0.05, 0) is 51.1 Å². The molecule has 1 saturated heterocycles. The summed E-state index contributed by atoms with van der Waals surface area (Å²) in [6.45, 7) is 7.06. The Balaban J connectivity index is 1.34. The molecule has 2 heterocycles. The number of halogens is 2. The van der Waals surface area contributed by atoms with Crippen LogP contribution in [-0.2, 0) is 4.74 Å². The number of amides is 2. The molecule has 0 aliphatic carbocycles. The SMILES string of the molecule is CC(C)(C)OC(=O)N1CCN(c2ccc(NC(=O)c3nnc(Nc4ccccc4F)o3)cc2F)CC1. The first-order valence-corrected chi connectivity index (χ1v) is 11.3. The maximum absolute atomic E-state index is 14.9. The normalized spacial score (nSPS) is 13.9. The fraction of sp³-hybridized carbons (Fsp3) is 0.333. The number of benzene rings is 2. The Morgan fingerprint density at radius 2 is 1.72 bits per heavy atom. The molecule has 1 aliphatic heterocycles. The van der Waals surface area contributed by atoms with Crippen LogP contribution in [0.5, 0.6) is 0 Å². The Morgan fingerprint density at radius 1 is 1.00 bits per heavy atom. The van der Waals surface area contributed by atoms with E-state index in [1.54, 1.807) is 43.9 Å².